The standard InChI is InChI=1S/C15H16ClN3O/c1-9-7-11(8-14(17)18-9)15(20)19-10(2)12-5-3-4-6-13(12)16/h3-8,10H,1-2H3,(H2,17,18)(H,19,20). The summed E-state index contributed by atoms with van der Waals surface area (Å²) < 4.78 is 0. The molecule has 1 atom stereocenters. The molecule has 5 heteroatoms. The number of nitrogens with two attached hydrogens (primary N) is 1. The number of carbonyl (C=O) groups excluding carboxylic acids is 1. The van der Waals surface area contributed by atoms with Crippen LogP contribution in [0.25, 0.3) is 0 Å². The predicted octanol–water partition coefficient (Wildman–Crippen LogP) is 3.12. The number of benzene rings is 1. The van der Waals surface area contributed by atoms with Crippen molar-refractivity contribution < 1.29 is 4.79 Å². The minimum atomic E-state index is -0.199. The molecule has 0 aliphatic carbocycles. The Morgan fingerprint density at radius 1 is 1.35 bits per heavy atom. The molecule has 2 rings (SSSR count). The number of nitrogen functional groups attached to an aromatic ring is 1. The maximum absolute atomic E-state index is 12.2. The summed E-state index contributed by atoms with van der Waals surface area (Å²) in [5, 5.41) is 3.53. The lowest BCUT2D eigenvalue weighted by Gasteiger charge is -2.16. The number of aryl methyl sites for hydroxylation is 1. The second-order valence-corrected chi connectivity index (χ2v) is 5.05. The Morgan fingerprint density at radius 2 is 2.05 bits per heavy atom. The second-order valence-electron chi connectivity index (χ2n) is 4.64. The van der Waals surface area contributed by atoms with Crippen molar-refractivity contribution in [2.75, 3.05) is 5.73 Å². The molecule has 1 aromatic heterocycles. The average molecular weight is 290 g/mol. The zero-order valence-electron chi connectivity index (χ0n) is 11.4. The molecular formula is C15H16ClN3O. The van der Waals surface area contributed by atoms with Gasteiger partial charge >= 0.3 is 0 Å². The van der Waals surface area contributed by atoms with Crippen LogP contribution in [0.15, 0.2) is 36.4 Å². The molecule has 2 aromatic rings. The first kappa shape index (κ1) is 14.3. The highest BCUT2D eigenvalue weighted by molar-refractivity contribution is 6.31. The number of amides is 1. The molecular weight excluding hydrogens is 274 g/mol. The Kier molecular flexibility index (Phi) is 4.25. The maximum Gasteiger partial charge on any atom is 0.251 e. The number of hydrogen-bond acceptors (Lipinski definition) is 3. The first-order valence-corrected chi connectivity index (χ1v) is 6.64. The van der Waals surface area contributed by atoms with E-state index in [2.05, 4.69) is 10.3 Å². The van der Waals surface area contributed by atoms with Crippen molar-refractivity contribution in [3.05, 3.63) is 58.2 Å². The molecule has 0 saturated heterocycles. The average Bonchev–Trinajstić information content (AvgIpc) is 2.37. The number of carbonyl (C=O) groups is 1. The molecule has 20 heavy (non-hydrogen) atoms. The Morgan fingerprint density at radius 3 is 2.70 bits per heavy atom. The van der Waals surface area contributed by atoms with Gasteiger partial charge in [-0.25, -0.2) is 4.98 Å². The molecule has 0 radical (unpaired) electrons. The third kappa shape index (κ3) is 3.27. The highest BCUT2D eigenvalue weighted by atomic mass is 35.5. The van der Waals surface area contributed by atoms with E-state index in [1.165, 1.54) is 0 Å². The molecule has 4 nitrogen and oxygen atoms in total. The lowest BCUT2D eigenvalue weighted by atomic mass is 10.1. The van der Waals surface area contributed by atoms with E-state index < -0.39 is 0 Å². The normalized spacial score (nSPS) is 11.9. The number of rotatable bonds is 3. The third-order valence-electron chi connectivity index (χ3n) is 2.95. The van der Waals surface area contributed by atoms with Crippen molar-refractivity contribution in [2.24, 2.45) is 0 Å². The molecule has 1 unspecified atom stereocenters. The Bertz CT molecular complexity index is 623. The minimum Gasteiger partial charge on any atom is -0.384 e. The van der Waals surface area contributed by atoms with E-state index in [1.807, 2.05) is 25.1 Å². The van der Waals surface area contributed by atoms with Gasteiger partial charge in [-0.3, -0.25) is 4.79 Å². The van der Waals surface area contributed by atoms with Gasteiger partial charge in [-0.2, -0.15) is 0 Å². The fourth-order valence-electron chi connectivity index (χ4n) is 2.01. The van der Waals surface area contributed by atoms with E-state index in [-0.39, 0.29) is 11.9 Å². The van der Waals surface area contributed by atoms with Gasteiger partial charge in [0.1, 0.15) is 5.82 Å². The smallest absolute Gasteiger partial charge is 0.251 e. The van der Waals surface area contributed by atoms with Crippen molar-refractivity contribution >= 4 is 23.3 Å². The van der Waals surface area contributed by atoms with Crippen LogP contribution in [0.3, 0.4) is 0 Å². The van der Waals surface area contributed by atoms with Crippen LogP contribution in [0.2, 0.25) is 5.02 Å². The summed E-state index contributed by atoms with van der Waals surface area (Å²) in [5.41, 5.74) is 7.73. The maximum atomic E-state index is 12.2. The van der Waals surface area contributed by atoms with Gasteiger partial charge in [0.05, 0.1) is 6.04 Å². The molecule has 1 amide bonds. The number of anilines is 1. The van der Waals surface area contributed by atoms with Gasteiger partial charge in [-0.1, -0.05) is 29.8 Å². The van der Waals surface area contributed by atoms with Crippen LogP contribution >= 0.6 is 11.6 Å². The molecule has 0 spiro atoms. The molecule has 104 valence electrons. The SMILES string of the molecule is Cc1cc(C(=O)NC(C)c2ccccc2Cl)cc(N)n1. The molecule has 0 fully saturated rings. The number of nitrogens with zero attached hydrogens (tertiary/aromatic N) is 1. The van der Waals surface area contributed by atoms with Crippen molar-refractivity contribution in [1.29, 1.82) is 0 Å². The second kappa shape index (κ2) is 5.92. The number of hydrogen-bond donors (Lipinski definition) is 2. The Labute approximate surface area is 123 Å². The molecule has 3 N–H and O–H groups in total. The number of pyridine rings is 1. The van der Waals surface area contributed by atoms with Gasteiger partial charge in [-0.15, -0.1) is 0 Å². The first-order valence-electron chi connectivity index (χ1n) is 6.27. The first-order chi connectivity index (χ1) is 9.47. The van der Waals surface area contributed by atoms with Crippen LogP contribution in [0.4, 0.5) is 5.82 Å². The van der Waals surface area contributed by atoms with Crippen LogP contribution in [-0.4, -0.2) is 10.9 Å². The van der Waals surface area contributed by atoms with Gasteiger partial charge in [0.15, 0.2) is 0 Å². The molecule has 0 aliphatic rings. The fraction of sp³-hybridized carbons (Fsp3) is 0.200. The van der Waals surface area contributed by atoms with Crippen LogP contribution in [0.1, 0.15) is 34.6 Å². The van der Waals surface area contributed by atoms with Gasteiger partial charge in [0.2, 0.25) is 0 Å². The molecule has 0 aliphatic heterocycles. The molecule has 1 aromatic carbocycles. The van der Waals surface area contributed by atoms with Crippen molar-refractivity contribution in [3.63, 3.8) is 0 Å². The van der Waals surface area contributed by atoms with E-state index >= 15 is 0 Å². The summed E-state index contributed by atoms with van der Waals surface area (Å²) in [6, 6.07) is 10.5. The fourth-order valence-corrected chi connectivity index (χ4v) is 2.31. The quantitative estimate of drug-likeness (QED) is 0.912. The predicted molar refractivity (Wildman–Crippen MR) is 80.7 cm³/mol. The number of nitrogens with one attached hydrogen (secondary N) is 1. The van der Waals surface area contributed by atoms with Crippen molar-refractivity contribution in [2.45, 2.75) is 19.9 Å². The van der Waals surface area contributed by atoms with E-state index in [0.29, 0.717) is 22.1 Å². The van der Waals surface area contributed by atoms with Crippen LogP contribution in [0.5, 0.6) is 0 Å². The molecule has 0 saturated carbocycles. The highest BCUT2D eigenvalue weighted by Gasteiger charge is 2.14. The zero-order valence-corrected chi connectivity index (χ0v) is 12.1. The summed E-state index contributed by atoms with van der Waals surface area (Å²) in [4.78, 5) is 16.3. The van der Waals surface area contributed by atoms with Gasteiger partial charge in [0.25, 0.3) is 5.91 Å². The topological polar surface area (TPSA) is 68.0 Å². The van der Waals surface area contributed by atoms with Crippen LogP contribution < -0.4 is 11.1 Å². The van der Waals surface area contributed by atoms with Crippen molar-refractivity contribution in [1.82, 2.24) is 10.3 Å². The van der Waals surface area contributed by atoms with Crippen LogP contribution in [0, 0.1) is 6.92 Å². The van der Waals surface area contributed by atoms with Crippen LogP contribution in [-0.2, 0) is 0 Å². The zero-order chi connectivity index (χ0) is 14.7. The molecule has 1 heterocycles. The van der Waals surface area contributed by atoms with E-state index in [4.69, 9.17) is 17.3 Å². The summed E-state index contributed by atoms with van der Waals surface area (Å²) >= 11 is 6.12. The summed E-state index contributed by atoms with van der Waals surface area (Å²) in [5.74, 6) is 0.134. The van der Waals surface area contributed by atoms with Gasteiger partial charge in [-0.05, 0) is 37.6 Å². The third-order valence-corrected chi connectivity index (χ3v) is 3.30. The molecule has 0 bridgehead atoms. The van der Waals surface area contributed by atoms with Crippen molar-refractivity contribution in [3.8, 4) is 0 Å². The van der Waals surface area contributed by atoms with E-state index in [9.17, 15) is 4.79 Å². The summed E-state index contributed by atoms with van der Waals surface area (Å²) in [6.07, 6.45) is 0. The Balaban J connectivity index is 2.17. The Hall–Kier alpha value is -2.07. The highest BCUT2D eigenvalue weighted by Crippen LogP contribution is 2.22. The van der Waals surface area contributed by atoms with Gasteiger partial charge in [0, 0.05) is 16.3 Å². The number of halogens is 1. The number of aromatic nitrogens is 1. The lowest BCUT2D eigenvalue weighted by Crippen LogP contribution is -2.27. The van der Waals surface area contributed by atoms with E-state index in [0.717, 1.165) is 5.56 Å². The monoisotopic (exact) mass is 289 g/mol. The largest absolute Gasteiger partial charge is 0.384 e. The van der Waals surface area contributed by atoms with Gasteiger partial charge < -0.3 is 11.1 Å². The summed E-state index contributed by atoms with van der Waals surface area (Å²) in [6.45, 7) is 3.68. The lowest BCUT2D eigenvalue weighted by molar-refractivity contribution is 0.0939. The minimum absolute atomic E-state index is 0.189. The summed E-state index contributed by atoms with van der Waals surface area (Å²) in [7, 11) is 0. The van der Waals surface area contributed by atoms with E-state index in [1.54, 1.807) is 25.1 Å².